The van der Waals surface area contributed by atoms with Gasteiger partial charge in [0.05, 0.1) is 29.5 Å². The number of aromatic hydroxyl groups is 2. The lowest BCUT2D eigenvalue weighted by Gasteiger charge is -2.25. The molecule has 0 saturated heterocycles. The van der Waals surface area contributed by atoms with Crippen molar-refractivity contribution in [2.45, 2.75) is 89.9 Å². The van der Waals surface area contributed by atoms with E-state index in [0.29, 0.717) is 50.2 Å². The van der Waals surface area contributed by atoms with Gasteiger partial charge in [-0.3, -0.25) is 19.6 Å². The normalized spacial score (nSPS) is 15.1. The first-order valence-electron chi connectivity index (χ1n) is 31.5. The number of carbonyl (C=O) groups is 5. The summed E-state index contributed by atoms with van der Waals surface area (Å²) in [6.45, 7) is 6.94. The number of nitrogens with zero attached hydrogens (tertiary/aromatic N) is 3. The maximum Gasteiger partial charge on any atom is 0.416 e. The molecule has 0 bridgehead atoms. The Balaban J connectivity index is 0.000000181. The molecule has 1 aliphatic carbocycles. The van der Waals surface area contributed by atoms with Gasteiger partial charge in [-0.2, -0.15) is 13.2 Å². The molecule has 2 aliphatic heterocycles. The molecule has 11 rings (SSSR count). The third-order valence-electron chi connectivity index (χ3n) is 16.8. The highest BCUT2D eigenvalue weighted by Gasteiger charge is 2.34. The van der Waals surface area contributed by atoms with Crippen LogP contribution in [-0.2, 0) is 28.6 Å². The van der Waals surface area contributed by atoms with Crippen molar-refractivity contribution in [3.63, 3.8) is 0 Å². The molecule has 0 radical (unpaired) electrons. The minimum Gasteiger partial charge on any atom is -0.507 e. The number of thiophene rings is 1. The lowest BCUT2D eigenvalue weighted by atomic mass is 9.90. The first kappa shape index (κ1) is 77.0. The van der Waals surface area contributed by atoms with Gasteiger partial charge in [0.2, 0.25) is 0 Å². The van der Waals surface area contributed by atoms with Crippen LogP contribution < -0.4 is 10.6 Å². The predicted molar refractivity (Wildman–Crippen MR) is 376 cm³/mol. The molecule has 3 aliphatic rings. The lowest BCUT2D eigenvalue weighted by molar-refractivity contribution is -0.138. The fourth-order valence-electron chi connectivity index (χ4n) is 11.5. The van der Waals surface area contributed by atoms with Gasteiger partial charge in [-0.05, 0) is 163 Å². The fraction of sp³-hybridized carbons (Fsp3) is 0.267. The van der Waals surface area contributed by atoms with E-state index < -0.39 is 78.1 Å². The number of aromatic nitrogens is 1. The number of aromatic carboxylic acids is 3. The van der Waals surface area contributed by atoms with Gasteiger partial charge in [0.1, 0.15) is 46.8 Å². The Kier molecular flexibility index (Phi) is 27.3. The van der Waals surface area contributed by atoms with Crippen LogP contribution in [0.1, 0.15) is 115 Å². The molecule has 4 atom stereocenters. The molecular formula is C75H78F3N5O16S. The standard InChI is InChI=1S/C23H16O6.C19H19NO3.C15H12F3NO2.C11H14N2S.C7H17NO5/c24-20-16(14-7-3-1-5-12(14)9-18(20)22(26)27)11-17-15-8-4-2-6-13(15)10-19(21(17)25)23(28)29;1-11-9-13(12(2)14(11)7-8-18(21)22)10-16-15-5-3-4-6-17(15)20-19(16)23;1-9-10(4-2-6-12(9)15(16,17)18)8-13-11(14(20)21)5-3-7-19-13;1-13-8-3-7-12-11(13)6-5-10-4-2-9-14-10;1-8-2-4(10)6(12)7(13)5(11)3-9/h1-10,24-25H,11H2,(H,26,27)(H,28,29);3-6,10H,7-9H2,1-2H3,(H,20,23)(H,21,22);2-7H,8H2,1H3,(H,20,21);2,4-6,9H,3,7-8H2,1H3;4-13H,2-3H2,1H3/b;16-10-;;6-5+;/t;;;;4-,5+,6+,7+/m....0/s1. The van der Waals surface area contributed by atoms with Gasteiger partial charge in [-0.15, -0.1) is 11.3 Å². The minimum absolute atomic E-state index is 0.00527. The number of anilines is 1. The molecule has 0 saturated carbocycles. The van der Waals surface area contributed by atoms with E-state index in [9.17, 15) is 62.7 Å². The van der Waals surface area contributed by atoms with E-state index in [4.69, 9.17) is 30.6 Å². The summed E-state index contributed by atoms with van der Waals surface area (Å²) in [5.74, 6) is -4.27. The maximum atomic E-state index is 12.9. The van der Waals surface area contributed by atoms with E-state index in [1.54, 1.807) is 73.0 Å². The number of aliphatic hydroxyl groups excluding tert-OH is 5. The van der Waals surface area contributed by atoms with Crippen LogP contribution in [0.3, 0.4) is 0 Å². The number of nitrogens with one attached hydrogen (secondary N) is 2. The topological polar surface area (TPSA) is 360 Å². The molecule has 0 fully saturated rings. The molecule has 8 aromatic rings. The number of rotatable bonds is 19. The number of carboxylic acids is 4. The molecule has 25 heteroatoms. The van der Waals surface area contributed by atoms with Crippen molar-refractivity contribution in [1.82, 2.24) is 15.2 Å². The third kappa shape index (κ3) is 19.7. The van der Waals surface area contributed by atoms with Crippen molar-refractivity contribution in [2.24, 2.45) is 4.99 Å². The summed E-state index contributed by atoms with van der Waals surface area (Å²) in [5, 5.41) is 113. The van der Waals surface area contributed by atoms with Crippen LogP contribution in [0.15, 0.2) is 178 Å². The van der Waals surface area contributed by atoms with Gasteiger partial charge in [-0.1, -0.05) is 90.5 Å². The second kappa shape index (κ2) is 35.4. The molecule has 6 aromatic carbocycles. The summed E-state index contributed by atoms with van der Waals surface area (Å²) in [4.78, 5) is 69.3. The van der Waals surface area contributed by atoms with Gasteiger partial charge in [0.25, 0.3) is 5.91 Å². The highest BCUT2D eigenvalue weighted by Crippen LogP contribution is 2.41. The van der Waals surface area contributed by atoms with E-state index in [1.807, 2.05) is 44.2 Å². The number of carbonyl (C=O) groups excluding carboxylic acids is 1. The number of aliphatic hydroxyl groups is 5. The fourth-order valence-corrected chi connectivity index (χ4v) is 12.1. The Morgan fingerprint density at radius 1 is 0.730 bits per heavy atom. The van der Waals surface area contributed by atoms with E-state index in [-0.39, 0.29) is 59.7 Å². The number of para-hydroxylation sites is 1. The number of amidine groups is 1. The number of phenols is 2. The van der Waals surface area contributed by atoms with E-state index in [1.165, 1.54) is 60.3 Å². The third-order valence-corrected chi connectivity index (χ3v) is 17.7. The Labute approximate surface area is 577 Å². The monoisotopic (exact) mass is 1390 g/mol. The largest absolute Gasteiger partial charge is 0.507 e. The van der Waals surface area contributed by atoms with Gasteiger partial charge in [0.15, 0.2) is 0 Å². The van der Waals surface area contributed by atoms with Crippen molar-refractivity contribution in [3.8, 4) is 11.5 Å². The Hall–Kier alpha value is -10.4. The highest BCUT2D eigenvalue weighted by atomic mass is 32.1. The zero-order valence-electron chi connectivity index (χ0n) is 55.2. The first-order chi connectivity index (χ1) is 47.6. The average molecular weight is 1390 g/mol. The van der Waals surface area contributed by atoms with Crippen LogP contribution in [0.25, 0.3) is 33.2 Å². The number of pyridine rings is 1. The number of carboxylic acid groups (broad SMARTS) is 4. The number of benzene rings is 6. The molecule has 13 N–H and O–H groups in total. The van der Waals surface area contributed by atoms with Crippen LogP contribution in [0, 0.1) is 6.92 Å². The predicted octanol–water partition coefficient (Wildman–Crippen LogP) is 11.1. The second-order valence-corrected chi connectivity index (χ2v) is 24.5. The minimum atomic E-state index is -4.43. The number of amides is 1. The van der Waals surface area contributed by atoms with E-state index in [0.717, 1.165) is 59.4 Å². The molecular weight excluding hydrogens is 1320 g/mol. The Morgan fingerprint density at radius 3 is 1.89 bits per heavy atom. The first-order valence-corrected chi connectivity index (χ1v) is 32.4. The Bertz CT molecular complexity index is 4350. The van der Waals surface area contributed by atoms with Crippen LogP contribution in [0.4, 0.5) is 18.9 Å². The number of halogens is 3. The van der Waals surface area contributed by atoms with Crippen molar-refractivity contribution < 1.29 is 93.3 Å². The highest BCUT2D eigenvalue weighted by molar-refractivity contribution is 7.10. The maximum absolute atomic E-state index is 12.9. The molecule has 0 unspecified atom stereocenters. The van der Waals surface area contributed by atoms with Gasteiger partial charge in [0, 0.05) is 85.0 Å². The molecule has 0 spiro atoms. The second-order valence-electron chi connectivity index (χ2n) is 23.6. The van der Waals surface area contributed by atoms with Crippen LogP contribution in [0.2, 0.25) is 0 Å². The number of aliphatic imine (C=N–C) groups is 1. The number of likely N-dealkylation sites (N-methyl/N-ethyl adjacent to an activating group) is 2. The summed E-state index contributed by atoms with van der Waals surface area (Å²) in [5.41, 5.74) is 7.10. The zero-order valence-corrected chi connectivity index (χ0v) is 56.1. The summed E-state index contributed by atoms with van der Waals surface area (Å²) in [6.07, 6.45) is 0.158. The molecule has 526 valence electrons. The van der Waals surface area contributed by atoms with Crippen LogP contribution >= 0.6 is 11.3 Å². The van der Waals surface area contributed by atoms with Crippen LogP contribution in [0.5, 0.6) is 11.5 Å². The Morgan fingerprint density at radius 2 is 1.33 bits per heavy atom. The number of aliphatic carboxylic acids is 1. The summed E-state index contributed by atoms with van der Waals surface area (Å²) >= 11 is 1.75. The van der Waals surface area contributed by atoms with E-state index in [2.05, 4.69) is 62.2 Å². The molecule has 100 heavy (non-hydrogen) atoms. The molecule has 4 heterocycles. The molecule has 21 nitrogen and oxygen atoms in total. The van der Waals surface area contributed by atoms with Crippen molar-refractivity contribution in [1.29, 1.82) is 0 Å². The summed E-state index contributed by atoms with van der Waals surface area (Å²) < 4.78 is 38.6. The average Bonchev–Trinajstić information content (AvgIpc) is 1.03. The lowest BCUT2D eigenvalue weighted by Crippen LogP contribution is -2.48. The summed E-state index contributed by atoms with van der Waals surface area (Å²) in [6, 6.07) is 35.3. The van der Waals surface area contributed by atoms with Gasteiger partial charge >= 0.3 is 30.1 Å². The van der Waals surface area contributed by atoms with Crippen LogP contribution in [-0.4, -0.2) is 166 Å². The zero-order chi connectivity index (χ0) is 73.1. The number of allylic oxidation sites excluding steroid dienone is 5. The van der Waals surface area contributed by atoms with Gasteiger partial charge < -0.3 is 71.7 Å². The SMILES string of the molecule is CC1=C(CCC(=O)O)C(C)=C(/C=C2\C(=O)Nc3ccccc32)C1.CN1CCCN=C1/C=C/c1cccs1.CNC[C@H](O)[C@@H](O)[C@H](O)[C@H](O)CO.Cc1c(Cc2ncccc2C(=O)O)cccc1C(F)(F)F.O=C(O)c1cc2ccccc2c(Cc2c(O)c(C(=O)O)cc3ccccc23)c1O. The molecule has 1 amide bonds. The van der Waals surface area contributed by atoms with E-state index >= 15 is 0 Å². The number of hydrogen-bond donors (Lipinski definition) is 13. The smallest absolute Gasteiger partial charge is 0.416 e. The van der Waals surface area contributed by atoms with Gasteiger partial charge in [-0.25, -0.2) is 14.4 Å². The number of alkyl halides is 3. The quantitative estimate of drug-likeness (QED) is 0.0334. The number of fused-ring (bicyclic) bond motifs is 3. The molecule has 2 aromatic heterocycles. The summed E-state index contributed by atoms with van der Waals surface area (Å²) in [7, 11) is 3.67. The van der Waals surface area contributed by atoms with Crippen molar-refractivity contribution >= 4 is 85.8 Å². The van der Waals surface area contributed by atoms with Crippen molar-refractivity contribution in [3.05, 3.63) is 234 Å². The number of hydrogen-bond acceptors (Lipinski definition) is 17. The van der Waals surface area contributed by atoms with Crippen molar-refractivity contribution in [2.75, 3.05) is 45.7 Å².